The Morgan fingerprint density at radius 2 is 1.73 bits per heavy atom. The van der Waals surface area contributed by atoms with Gasteiger partial charge < -0.3 is 10.1 Å². The predicted octanol–water partition coefficient (Wildman–Crippen LogP) is 4.44. The zero-order valence-corrected chi connectivity index (χ0v) is 13.6. The molecular formula is C19H23NO2. The van der Waals surface area contributed by atoms with Crippen molar-refractivity contribution in [3.05, 3.63) is 59.2 Å². The molecule has 22 heavy (non-hydrogen) atoms. The van der Waals surface area contributed by atoms with Crippen molar-refractivity contribution in [3.63, 3.8) is 0 Å². The van der Waals surface area contributed by atoms with E-state index in [0.717, 1.165) is 28.1 Å². The third-order valence-electron chi connectivity index (χ3n) is 3.41. The number of rotatable bonds is 5. The maximum atomic E-state index is 12.1. The first-order valence-electron chi connectivity index (χ1n) is 7.55. The molecule has 0 heterocycles. The molecule has 0 fully saturated rings. The normalized spacial score (nSPS) is 10.6. The van der Waals surface area contributed by atoms with Crippen molar-refractivity contribution in [2.24, 2.45) is 0 Å². The van der Waals surface area contributed by atoms with E-state index in [9.17, 15) is 4.79 Å². The quantitative estimate of drug-likeness (QED) is 0.885. The van der Waals surface area contributed by atoms with Crippen LogP contribution >= 0.6 is 0 Å². The molecule has 0 aliphatic heterocycles. The van der Waals surface area contributed by atoms with E-state index in [0.29, 0.717) is 5.92 Å². The van der Waals surface area contributed by atoms with Crippen LogP contribution in [-0.4, -0.2) is 12.5 Å². The number of para-hydroxylation sites is 1. The maximum Gasteiger partial charge on any atom is 0.262 e. The molecule has 0 atom stereocenters. The molecule has 116 valence electrons. The van der Waals surface area contributed by atoms with Crippen LogP contribution in [0.2, 0.25) is 0 Å². The number of benzene rings is 2. The van der Waals surface area contributed by atoms with E-state index in [2.05, 4.69) is 25.2 Å². The van der Waals surface area contributed by atoms with Crippen LogP contribution in [0.1, 0.15) is 36.5 Å². The second kappa shape index (κ2) is 7.12. The molecule has 0 aliphatic carbocycles. The van der Waals surface area contributed by atoms with Crippen molar-refractivity contribution in [1.82, 2.24) is 0 Å². The molecule has 1 N–H and O–H groups in total. The highest BCUT2D eigenvalue weighted by molar-refractivity contribution is 5.92. The third-order valence-corrected chi connectivity index (χ3v) is 3.41. The smallest absolute Gasteiger partial charge is 0.262 e. The van der Waals surface area contributed by atoms with Gasteiger partial charge in [-0.25, -0.2) is 0 Å². The SMILES string of the molecule is Cc1cc(C)cc(NC(=O)COc2ccccc2C(C)C)c1. The van der Waals surface area contributed by atoms with Crippen molar-refractivity contribution < 1.29 is 9.53 Å². The summed E-state index contributed by atoms with van der Waals surface area (Å²) >= 11 is 0. The molecule has 2 rings (SSSR count). The fourth-order valence-electron chi connectivity index (χ4n) is 2.48. The Morgan fingerprint density at radius 3 is 2.36 bits per heavy atom. The van der Waals surface area contributed by atoms with Gasteiger partial charge in [-0.1, -0.05) is 38.1 Å². The summed E-state index contributed by atoms with van der Waals surface area (Å²) in [4.78, 5) is 12.1. The average molecular weight is 297 g/mol. The Morgan fingerprint density at radius 1 is 1.09 bits per heavy atom. The summed E-state index contributed by atoms with van der Waals surface area (Å²) < 4.78 is 5.68. The largest absolute Gasteiger partial charge is 0.483 e. The number of hydrogen-bond donors (Lipinski definition) is 1. The summed E-state index contributed by atoms with van der Waals surface area (Å²) in [6.45, 7) is 8.25. The maximum absolute atomic E-state index is 12.1. The van der Waals surface area contributed by atoms with Gasteiger partial charge in [-0.05, 0) is 54.7 Å². The number of carbonyl (C=O) groups is 1. The number of ether oxygens (including phenoxy) is 1. The summed E-state index contributed by atoms with van der Waals surface area (Å²) in [7, 11) is 0. The van der Waals surface area contributed by atoms with Crippen LogP contribution in [0.5, 0.6) is 5.75 Å². The number of carbonyl (C=O) groups excluding carboxylic acids is 1. The highest BCUT2D eigenvalue weighted by Gasteiger charge is 2.09. The number of aryl methyl sites for hydroxylation is 2. The van der Waals surface area contributed by atoms with E-state index in [4.69, 9.17) is 4.74 Å². The molecule has 0 aromatic heterocycles. The second-order valence-electron chi connectivity index (χ2n) is 5.91. The Labute approximate surface area is 132 Å². The molecule has 0 bridgehead atoms. The van der Waals surface area contributed by atoms with Crippen LogP contribution in [0.4, 0.5) is 5.69 Å². The van der Waals surface area contributed by atoms with Gasteiger partial charge in [0, 0.05) is 5.69 Å². The zero-order valence-electron chi connectivity index (χ0n) is 13.6. The van der Waals surface area contributed by atoms with Gasteiger partial charge in [-0.3, -0.25) is 4.79 Å². The molecule has 0 radical (unpaired) electrons. The minimum absolute atomic E-state index is 0.0106. The summed E-state index contributed by atoms with van der Waals surface area (Å²) in [6, 6.07) is 13.8. The molecule has 0 saturated heterocycles. The molecule has 0 saturated carbocycles. The molecule has 0 unspecified atom stereocenters. The lowest BCUT2D eigenvalue weighted by Gasteiger charge is -2.14. The van der Waals surface area contributed by atoms with Crippen LogP contribution in [-0.2, 0) is 4.79 Å². The van der Waals surface area contributed by atoms with Gasteiger partial charge in [-0.2, -0.15) is 0 Å². The fourth-order valence-corrected chi connectivity index (χ4v) is 2.48. The van der Waals surface area contributed by atoms with Crippen LogP contribution in [0.3, 0.4) is 0 Å². The predicted molar refractivity (Wildman–Crippen MR) is 90.6 cm³/mol. The van der Waals surface area contributed by atoms with Crippen LogP contribution < -0.4 is 10.1 Å². The number of amides is 1. The molecular weight excluding hydrogens is 274 g/mol. The first-order chi connectivity index (χ1) is 10.5. The van der Waals surface area contributed by atoms with Crippen LogP contribution in [0.15, 0.2) is 42.5 Å². The minimum Gasteiger partial charge on any atom is -0.483 e. The molecule has 0 spiro atoms. The lowest BCUT2D eigenvalue weighted by molar-refractivity contribution is -0.118. The van der Waals surface area contributed by atoms with Gasteiger partial charge in [0.05, 0.1) is 0 Å². The minimum atomic E-state index is -0.149. The Kier molecular flexibility index (Phi) is 5.21. The first-order valence-corrected chi connectivity index (χ1v) is 7.55. The number of nitrogens with one attached hydrogen (secondary N) is 1. The lowest BCUT2D eigenvalue weighted by atomic mass is 10.0. The third kappa shape index (κ3) is 4.35. The van der Waals surface area contributed by atoms with Gasteiger partial charge in [0.15, 0.2) is 6.61 Å². The monoisotopic (exact) mass is 297 g/mol. The summed E-state index contributed by atoms with van der Waals surface area (Å²) in [5, 5.41) is 2.88. The lowest BCUT2D eigenvalue weighted by Crippen LogP contribution is -2.20. The number of anilines is 1. The number of hydrogen-bond acceptors (Lipinski definition) is 2. The fraction of sp³-hybridized carbons (Fsp3) is 0.316. The highest BCUT2D eigenvalue weighted by Crippen LogP contribution is 2.25. The summed E-state index contributed by atoms with van der Waals surface area (Å²) in [6.07, 6.45) is 0. The van der Waals surface area contributed by atoms with Crippen molar-refractivity contribution in [2.75, 3.05) is 11.9 Å². The molecule has 2 aromatic carbocycles. The molecule has 1 amide bonds. The van der Waals surface area contributed by atoms with Crippen molar-refractivity contribution in [1.29, 1.82) is 0 Å². The van der Waals surface area contributed by atoms with Crippen LogP contribution in [0.25, 0.3) is 0 Å². The van der Waals surface area contributed by atoms with Gasteiger partial charge in [-0.15, -0.1) is 0 Å². The van der Waals surface area contributed by atoms with Crippen molar-refractivity contribution in [3.8, 4) is 5.75 Å². The second-order valence-corrected chi connectivity index (χ2v) is 5.91. The van der Waals surface area contributed by atoms with Crippen molar-refractivity contribution in [2.45, 2.75) is 33.6 Å². The molecule has 0 aliphatic rings. The van der Waals surface area contributed by atoms with E-state index < -0.39 is 0 Å². The van der Waals surface area contributed by atoms with E-state index in [1.165, 1.54) is 0 Å². The van der Waals surface area contributed by atoms with Crippen LogP contribution in [0, 0.1) is 13.8 Å². The Bertz CT molecular complexity index is 642. The summed E-state index contributed by atoms with van der Waals surface area (Å²) in [5.41, 5.74) is 4.17. The molecule has 3 heteroatoms. The van der Waals surface area contributed by atoms with Gasteiger partial charge in [0.1, 0.15) is 5.75 Å². The van der Waals surface area contributed by atoms with E-state index >= 15 is 0 Å². The zero-order chi connectivity index (χ0) is 16.1. The molecule has 2 aromatic rings. The Hall–Kier alpha value is -2.29. The first kappa shape index (κ1) is 16.1. The van der Waals surface area contributed by atoms with Gasteiger partial charge >= 0.3 is 0 Å². The summed E-state index contributed by atoms with van der Waals surface area (Å²) in [5.74, 6) is 0.982. The Balaban J connectivity index is 1.99. The van der Waals surface area contributed by atoms with Gasteiger partial charge in [0.25, 0.3) is 5.91 Å². The van der Waals surface area contributed by atoms with E-state index in [1.54, 1.807) is 0 Å². The average Bonchev–Trinajstić information content (AvgIpc) is 2.44. The van der Waals surface area contributed by atoms with Crippen molar-refractivity contribution >= 4 is 11.6 Å². The highest BCUT2D eigenvalue weighted by atomic mass is 16.5. The molecule has 3 nitrogen and oxygen atoms in total. The van der Waals surface area contributed by atoms with Gasteiger partial charge in [0.2, 0.25) is 0 Å². The topological polar surface area (TPSA) is 38.3 Å². The van der Waals surface area contributed by atoms with E-state index in [1.807, 2.05) is 50.2 Å². The van der Waals surface area contributed by atoms with E-state index in [-0.39, 0.29) is 12.5 Å². The standard InChI is InChI=1S/C19H23NO2/c1-13(2)17-7-5-6-8-18(17)22-12-19(21)20-16-10-14(3)9-15(4)11-16/h5-11,13H,12H2,1-4H3,(H,20,21).